The Morgan fingerprint density at radius 1 is 1.37 bits per heavy atom. The zero-order valence-electron chi connectivity index (χ0n) is 10.6. The predicted octanol–water partition coefficient (Wildman–Crippen LogP) is 0.0761. The Morgan fingerprint density at radius 3 is 2.79 bits per heavy atom. The van der Waals surface area contributed by atoms with Crippen molar-refractivity contribution >= 4 is 22.7 Å². The van der Waals surface area contributed by atoms with Crippen molar-refractivity contribution < 1.29 is 9.90 Å². The van der Waals surface area contributed by atoms with E-state index >= 15 is 0 Å². The van der Waals surface area contributed by atoms with Crippen LogP contribution in [0.2, 0.25) is 0 Å². The van der Waals surface area contributed by atoms with Gasteiger partial charge in [0, 0.05) is 33.2 Å². The van der Waals surface area contributed by atoms with Crippen molar-refractivity contribution in [3.8, 4) is 0 Å². The number of carbonyl (C=O) groups is 1. The summed E-state index contributed by atoms with van der Waals surface area (Å²) in [6, 6.07) is 3.65. The van der Waals surface area contributed by atoms with E-state index in [0.29, 0.717) is 11.0 Å². The molecule has 0 atom stereocenters. The first-order valence-electron chi connectivity index (χ1n) is 6.20. The lowest BCUT2D eigenvalue weighted by Crippen LogP contribution is -2.44. The maximum atomic E-state index is 11.6. The highest BCUT2D eigenvalue weighted by molar-refractivity contribution is 6.06. The number of carboxylic acid groups (broad SMARTS) is 1. The Kier molecular flexibility index (Phi) is 2.83. The summed E-state index contributed by atoms with van der Waals surface area (Å²) in [5.74, 6) is -0.940. The monoisotopic (exact) mass is 261 g/mol. The number of nitrogens with one attached hydrogen (secondary N) is 1. The molecule has 1 aromatic carbocycles. The van der Waals surface area contributed by atoms with Gasteiger partial charge in [-0.05, 0) is 12.1 Å². The maximum Gasteiger partial charge on any atom is 0.340 e. The third-order valence-corrected chi connectivity index (χ3v) is 3.42. The molecule has 1 fully saturated rings. The van der Waals surface area contributed by atoms with Gasteiger partial charge in [0.05, 0.1) is 5.69 Å². The minimum atomic E-state index is -0.940. The van der Waals surface area contributed by atoms with E-state index in [-0.39, 0.29) is 5.56 Å². The van der Waals surface area contributed by atoms with Gasteiger partial charge in [0.2, 0.25) is 0 Å². The topological polar surface area (TPSA) is 83.3 Å². The minimum absolute atomic E-state index is 0.284. The molecule has 2 aromatic rings. The summed E-state index contributed by atoms with van der Waals surface area (Å²) < 4.78 is 1.52. The van der Waals surface area contributed by atoms with Crippen molar-refractivity contribution in [2.75, 3.05) is 31.1 Å². The fourth-order valence-electron chi connectivity index (χ4n) is 2.52. The zero-order valence-corrected chi connectivity index (χ0v) is 10.6. The lowest BCUT2D eigenvalue weighted by molar-refractivity contribution is 0.0699. The van der Waals surface area contributed by atoms with E-state index in [1.807, 2.05) is 12.1 Å². The molecule has 7 nitrogen and oxygen atoms in total. The minimum Gasteiger partial charge on any atom is -0.478 e. The van der Waals surface area contributed by atoms with Crippen LogP contribution in [0.25, 0.3) is 11.0 Å². The SMILES string of the molecule is Cn1nnc2ccc(N3CCNCC3)c(C(=O)O)c21. The van der Waals surface area contributed by atoms with E-state index in [4.69, 9.17) is 0 Å². The highest BCUT2D eigenvalue weighted by Gasteiger charge is 2.23. The number of piperazine rings is 1. The number of carboxylic acids is 1. The molecule has 3 rings (SSSR count). The third-order valence-electron chi connectivity index (χ3n) is 3.42. The lowest BCUT2D eigenvalue weighted by Gasteiger charge is -2.30. The van der Waals surface area contributed by atoms with Gasteiger partial charge < -0.3 is 15.3 Å². The van der Waals surface area contributed by atoms with Crippen molar-refractivity contribution in [3.63, 3.8) is 0 Å². The second-order valence-electron chi connectivity index (χ2n) is 4.58. The Labute approximate surface area is 109 Å². The van der Waals surface area contributed by atoms with Gasteiger partial charge in [-0.25, -0.2) is 9.48 Å². The van der Waals surface area contributed by atoms with Crippen molar-refractivity contribution in [1.82, 2.24) is 20.3 Å². The van der Waals surface area contributed by atoms with Gasteiger partial charge in [0.1, 0.15) is 16.6 Å². The number of aromatic carboxylic acids is 1. The smallest absolute Gasteiger partial charge is 0.340 e. The van der Waals surface area contributed by atoms with Crippen LogP contribution in [-0.2, 0) is 7.05 Å². The third kappa shape index (κ3) is 1.91. The maximum absolute atomic E-state index is 11.6. The van der Waals surface area contributed by atoms with Crippen molar-refractivity contribution in [1.29, 1.82) is 0 Å². The summed E-state index contributed by atoms with van der Waals surface area (Å²) in [7, 11) is 1.71. The summed E-state index contributed by atoms with van der Waals surface area (Å²) in [6.07, 6.45) is 0. The van der Waals surface area contributed by atoms with E-state index in [1.165, 1.54) is 4.68 Å². The number of hydrogen-bond acceptors (Lipinski definition) is 5. The molecule has 0 aliphatic carbocycles. The van der Waals surface area contributed by atoms with Crippen molar-refractivity contribution in [3.05, 3.63) is 17.7 Å². The highest BCUT2D eigenvalue weighted by atomic mass is 16.4. The fraction of sp³-hybridized carbons (Fsp3) is 0.417. The molecule has 1 saturated heterocycles. The van der Waals surface area contributed by atoms with Gasteiger partial charge in [-0.15, -0.1) is 5.10 Å². The van der Waals surface area contributed by atoms with E-state index in [2.05, 4.69) is 20.5 Å². The molecule has 7 heteroatoms. The number of anilines is 1. The molecule has 19 heavy (non-hydrogen) atoms. The first kappa shape index (κ1) is 11.9. The first-order chi connectivity index (χ1) is 9.18. The van der Waals surface area contributed by atoms with E-state index < -0.39 is 5.97 Å². The molecule has 2 N–H and O–H groups in total. The van der Waals surface area contributed by atoms with Crippen LogP contribution >= 0.6 is 0 Å². The Bertz CT molecular complexity index is 630. The largest absolute Gasteiger partial charge is 0.478 e. The molecular formula is C12H15N5O2. The molecule has 0 bridgehead atoms. The van der Waals surface area contributed by atoms with Gasteiger partial charge in [0.25, 0.3) is 0 Å². The summed E-state index contributed by atoms with van der Waals surface area (Å²) in [4.78, 5) is 13.7. The van der Waals surface area contributed by atoms with E-state index in [9.17, 15) is 9.90 Å². The number of hydrogen-bond donors (Lipinski definition) is 2. The van der Waals surface area contributed by atoms with Crippen molar-refractivity contribution in [2.24, 2.45) is 7.05 Å². The van der Waals surface area contributed by atoms with Gasteiger partial charge in [-0.2, -0.15) is 0 Å². The number of aryl methyl sites for hydroxylation is 1. The first-order valence-corrected chi connectivity index (χ1v) is 6.20. The van der Waals surface area contributed by atoms with E-state index in [0.717, 1.165) is 31.9 Å². The number of aromatic nitrogens is 3. The quantitative estimate of drug-likeness (QED) is 0.796. The normalized spacial score (nSPS) is 15.9. The summed E-state index contributed by atoms with van der Waals surface area (Å²) in [6.45, 7) is 3.33. The standard InChI is InChI=1S/C12H15N5O2/c1-16-11-8(14-15-16)2-3-9(10(11)12(18)19)17-6-4-13-5-7-17/h2-3,13H,4-7H2,1H3,(H,18,19). The van der Waals surface area contributed by atoms with Crippen LogP contribution in [0.15, 0.2) is 12.1 Å². The Morgan fingerprint density at radius 2 is 2.11 bits per heavy atom. The number of fused-ring (bicyclic) bond motifs is 1. The van der Waals surface area contributed by atoms with Gasteiger partial charge >= 0.3 is 5.97 Å². The Hall–Kier alpha value is -2.15. The zero-order chi connectivity index (χ0) is 13.4. The number of rotatable bonds is 2. The summed E-state index contributed by atoms with van der Waals surface area (Å²) >= 11 is 0. The number of benzene rings is 1. The molecule has 0 spiro atoms. The predicted molar refractivity (Wildman–Crippen MR) is 70.6 cm³/mol. The second-order valence-corrected chi connectivity index (χ2v) is 4.58. The number of nitrogens with zero attached hydrogens (tertiary/aromatic N) is 4. The summed E-state index contributed by atoms with van der Waals surface area (Å²) in [5, 5.41) is 20.6. The van der Waals surface area contributed by atoms with Gasteiger partial charge in [-0.1, -0.05) is 5.21 Å². The molecule has 1 aliphatic heterocycles. The molecule has 0 radical (unpaired) electrons. The van der Waals surface area contributed by atoms with Gasteiger partial charge in [-0.3, -0.25) is 0 Å². The van der Waals surface area contributed by atoms with Crippen LogP contribution in [0.3, 0.4) is 0 Å². The summed E-state index contributed by atoms with van der Waals surface area (Å²) in [5.41, 5.74) is 2.21. The Balaban J connectivity index is 2.20. The highest BCUT2D eigenvalue weighted by Crippen LogP contribution is 2.28. The van der Waals surface area contributed by atoms with Crippen LogP contribution in [0, 0.1) is 0 Å². The molecule has 1 aliphatic rings. The molecular weight excluding hydrogens is 246 g/mol. The van der Waals surface area contributed by atoms with Crippen LogP contribution < -0.4 is 10.2 Å². The van der Waals surface area contributed by atoms with E-state index in [1.54, 1.807) is 7.05 Å². The second kappa shape index (κ2) is 4.51. The van der Waals surface area contributed by atoms with Crippen molar-refractivity contribution in [2.45, 2.75) is 0 Å². The van der Waals surface area contributed by atoms with Crippen LogP contribution in [-0.4, -0.2) is 52.2 Å². The average molecular weight is 261 g/mol. The molecule has 0 saturated carbocycles. The van der Waals surface area contributed by atoms with Crippen LogP contribution in [0.1, 0.15) is 10.4 Å². The molecule has 0 amide bonds. The van der Waals surface area contributed by atoms with Gasteiger partial charge in [0.15, 0.2) is 0 Å². The fourth-order valence-corrected chi connectivity index (χ4v) is 2.52. The molecule has 1 aromatic heterocycles. The van der Waals surface area contributed by atoms with Crippen LogP contribution in [0.4, 0.5) is 5.69 Å². The average Bonchev–Trinajstić information content (AvgIpc) is 2.80. The lowest BCUT2D eigenvalue weighted by atomic mass is 10.1. The molecule has 100 valence electrons. The molecule has 2 heterocycles. The van der Waals surface area contributed by atoms with Crippen LogP contribution in [0.5, 0.6) is 0 Å². The molecule has 0 unspecified atom stereocenters.